The number of nitrogens with one attached hydrogen (secondary N) is 1. The first kappa shape index (κ1) is 15.0. The average Bonchev–Trinajstić information content (AvgIpc) is 2.49. The second-order valence-electron chi connectivity index (χ2n) is 5.46. The topological polar surface area (TPSA) is 38.3 Å². The molecule has 0 amide bonds. The van der Waals surface area contributed by atoms with Gasteiger partial charge in [0.15, 0.2) is 0 Å². The van der Waals surface area contributed by atoms with E-state index in [1.807, 2.05) is 25.1 Å². The van der Waals surface area contributed by atoms with Gasteiger partial charge in [0.1, 0.15) is 0 Å². The van der Waals surface area contributed by atoms with Gasteiger partial charge in [-0.3, -0.25) is 0 Å². The van der Waals surface area contributed by atoms with Crippen molar-refractivity contribution in [1.29, 1.82) is 0 Å². The molecule has 1 saturated carbocycles. The smallest absolute Gasteiger partial charge is 0.338 e. The van der Waals surface area contributed by atoms with Crippen molar-refractivity contribution >= 4 is 5.97 Å². The van der Waals surface area contributed by atoms with Gasteiger partial charge in [-0.15, -0.1) is 0 Å². The van der Waals surface area contributed by atoms with E-state index in [4.69, 9.17) is 4.74 Å². The molecule has 0 radical (unpaired) electrons. The highest BCUT2D eigenvalue weighted by Gasteiger charge is 2.12. The van der Waals surface area contributed by atoms with Crippen molar-refractivity contribution in [2.45, 2.75) is 51.5 Å². The second-order valence-corrected chi connectivity index (χ2v) is 5.46. The molecule has 1 fully saturated rings. The van der Waals surface area contributed by atoms with E-state index in [2.05, 4.69) is 11.4 Å². The van der Waals surface area contributed by atoms with E-state index in [1.54, 1.807) is 0 Å². The van der Waals surface area contributed by atoms with Crippen LogP contribution in [0.4, 0.5) is 0 Å². The van der Waals surface area contributed by atoms with Crippen molar-refractivity contribution in [3.05, 3.63) is 35.4 Å². The summed E-state index contributed by atoms with van der Waals surface area (Å²) < 4.78 is 5.03. The predicted molar refractivity (Wildman–Crippen MR) is 81.0 cm³/mol. The van der Waals surface area contributed by atoms with Gasteiger partial charge in [-0.1, -0.05) is 31.4 Å². The average molecular weight is 275 g/mol. The molecular formula is C17H25NO2. The van der Waals surface area contributed by atoms with Gasteiger partial charge in [-0.2, -0.15) is 0 Å². The van der Waals surface area contributed by atoms with Gasteiger partial charge in [0.2, 0.25) is 0 Å². The minimum Gasteiger partial charge on any atom is -0.462 e. The molecular weight excluding hydrogens is 250 g/mol. The summed E-state index contributed by atoms with van der Waals surface area (Å²) in [4.78, 5) is 11.7. The fraction of sp³-hybridized carbons (Fsp3) is 0.588. The van der Waals surface area contributed by atoms with Crippen LogP contribution in [0.15, 0.2) is 24.3 Å². The fourth-order valence-corrected chi connectivity index (χ4v) is 2.80. The van der Waals surface area contributed by atoms with E-state index in [9.17, 15) is 4.79 Å². The summed E-state index contributed by atoms with van der Waals surface area (Å²) in [5.41, 5.74) is 1.85. The monoisotopic (exact) mass is 275 g/mol. The highest BCUT2D eigenvalue weighted by molar-refractivity contribution is 5.89. The van der Waals surface area contributed by atoms with Crippen molar-refractivity contribution in [3.63, 3.8) is 0 Å². The minimum atomic E-state index is -0.227. The molecule has 1 aliphatic carbocycles. The molecule has 1 N–H and O–H groups in total. The Kier molecular flexibility index (Phi) is 6.06. The SMILES string of the molecule is CCOC(=O)c1cccc(CCNC2CCCCC2)c1. The minimum absolute atomic E-state index is 0.227. The first-order valence-corrected chi connectivity index (χ1v) is 7.79. The Hall–Kier alpha value is -1.35. The van der Waals surface area contributed by atoms with E-state index in [0.29, 0.717) is 18.2 Å². The standard InChI is InChI=1S/C17H25NO2/c1-2-20-17(19)15-8-6-7-14(13-15)11-12-18-16-9-4-3-5-10-16/h6-8,13,16,18H,2-5,9-12H2,1H3. The fourth-order valence-electron chi connectivity index (χ4n) is 2.80. The largest absolute Gasteiger partial charge is 0.462 e. The van der Waals surface area contributed by atoms with E-state index in [-0.39, 0.29) is 5.97 Å². The molecule has 1 aromatic carbocycles. The van der Waals surface area contributed by atoms with Crippen LogP contribution in [-0.2, 0) is 11.2 Å². The lowest BCUT2D eigenvalue weighted by atomic mass is 9.95. The van der Waals surface area contributed by atoms with Crippen LogP contribution >= 0.6 is 0 Å². The summed E-state index contributed by atoms with van der Waals surface area (Å²) in [5, 5.41) is 3.63. The summed E-state index contributed by atoms with van der Waals surface area (Å²) >= 11 is 0. The van der Waals surface area contributed by atoms with Crippen molar-refractivity contribution < 1.29 is 9.53 Å². The number of rotatable bonds is 6. The normalized spacial score (nSPS) is 16.1. The molecule has 0 saturated heterocycles. The molecule has 2 rings (SSSR count). The molecule has 1 aromatic rings. The van der Waals surface area contributed by atoms with Crippen molar-refractivity contribution in [3.8, 4) is 0 Å². The summed E-state index contributed by atoms with van der Waals surface area (Å²) in [6.45, 7) is 3.24. The van der Waals surface area contributed by atoms with E-state index >= 15 is 0 Å². The van der Waals surface area contributed by atoms with E-state index < -0.39 is 0 Å². The Balaban J connectivity index is 1.80. The first-order valence-electron chi connectivity index (χ1n) is 7.79. The van der Waals surface area contributed by atoms with E-state index in [0.717, 1.165) is 13.0 Å². The van der Waals surface area contributed by atoms with Crippen LogP contribution < -0.4 is 5.32 Å². The number of esters is 1. The van der Waals surface area contributed by atoms with Crippen LogP contribution in [-0.4, -0.2) is 25.2 Å². The molecule has 3 heteroatoms. The summed E-state index contributed by atoms with van der Waals surface area (Å²) in [6.07, 6.45) is 7.68. The molecule has 20 heavy (non-hydrogen) atoms. The van der Waals surface area contributed by atoms with Crippen LogP contribution in [0.25, 0.3) is 0 Å². The van der Waals surface area contributed by atoms with Gasteiger partial charge in [-0.05, 0) is 50.4 Å². The molecule has 110 valence electrons. The second kappa shape index (κ2) is 8.05. The molecule has 1 aliphatic rings. The Labute approximate surface area is 121 Å². The predicted octanol–water partition coefficient (Wildman–Crippen LogP) is 3.33. The maximum absolute atomic E-state index is 11.7. The number of benzene rings is 1. The Morgan fingerprint density at radius 2 is 2.10 bits per heavy atom. The third-order valence-corrected chi connectivity index (χ3v) is 3.89. The number of carbonyl (C=O) groups is 1. The van der Waals surface area contributed by atoms with Crippen molar-refractivity contribution in [2.75, 3.05) is 13.2 Å². The lowest BCUT2D eigenvalue weighted by Crippen LogP contribution is -2.32. The zero-order chi connectivity index (χ0) is 14.2. The van der Waals surface area contributed by atoms with Gasteiger partial charge >= 0.3 is 5.97 Å². The Bertz CT molecular complexity index is 425. The van der Waals surface area contributed by atoms with Gasteiger partial charge in [0.05, 0.1) is 12.2 Å². The Morgan fingerprint density at radius 1 is 1.30 bits per heavy atom. The lowest BCUT2D eigenvalue weighted by Gasteiger charge is -2.22. The van der Waals surface area contributed by atoms with Crippen LogP contribution in [0.2, 0.25) is 0 Å². The number of ether oxygens (including phenoxy) is 1. The van der Waals surface area contributed by atoms with Gasteiger partial charge in [0, 0.05) is 6.04 Å². The molecule has 0 atom stereocenters. The molecule has 0 aromatic heterocycles. The summed E-state index contributed by atoms with van der Waals surface area (Å²) in [6, 6.07) is 8.46. The number of hydrogen-bond acceptors (Lipinski definition) is 3. The van der Waals surface area contributed by atoms with Crippen LogP contribution in [0.1, 0.15) is 54.9 Å². The number of hydrogen-bond donors (Lipinski definition) is 1. The van der Waals surface area contributed by atoms with Gasteiger partial charge in [0.25, 0.3) is 0 Å². The van der Waals surface area contributed by atoms with Crippen LogP contribution in [0, 0.1) is 0 Å². The maximum Gasteiger partial charge on any atom is 0.338 e. The zero-order valence-corrected chi connectivity index (χ0v) is 12.4. The third-order valence-electron chi connectivity index (χ3n) is 3.89. The lowest BCUT2D eigenvalue weighted by molar-refractivity contribution is 0.0526. The molecule has 0 heterocycles. The summed E-state index contributed by atoms with van der Waals surface area (Å²) in [5.74, 6) is -0.227. The van der Waals surface area contributed by atoms with Crippen molar-refractivity contribution in [1.82, 2.24) is 5.32 Å². The van der Waals surface area contributed by atoms with Crippen molar-refractivity contribution in [2.24, 2.45) is 0 Å². The van der Waals surface area contributed by atoms with Gasteiger partial charge < -0.3 is 10.1 Å². The molecule has 0 bridgehead atoms. The maximum atomic E-state index is 11.7. The van der Waals surface area contributed by atoms with Gasteiger partial charge in [-0.25, -0.2) is 4.79 Å². The quantitative estimate of drug-likeness (QED) is 0.809. The highest BCUT2D eigenvalue weighted by atomic mass is 16.5. The molecule has 0 spiro atoms. The number of carbonyl (C=O) groups excluding carboxylic acids is 1. The summed E-state index contributed by atoms with van der Waals surface area (Å²) in [7, 11) is 0. The molecule has 3 nitrogen and oxygen atoms in total. The van der Waals surface area contributed by atoms with E-state index in [1.165, 1.54) is 37.7 Å². The third kappa shape index (κ3) is 4.64. The molecule has 0 unspecified atom stereocenters. The Morgan fingerprint density at radius 3 is 2.85 bits per heavy atom. The van der Waals surface area contributed by atoms with Crippen LogP contribution in [0.3, 0.4) is 0 Å². The zero-order valence-electron chi connectivity index (χ0n) is 12.4. The molecule has 0 aliphatic heterocycles. The first-order chi connectivity index (χ1) is 9.79. The highest BCUT2D eigenvalue weighted by Crippen LogP contribution is 2.17. The van der Waals surface area contributed by atoms with Crippen LogP contribution in [0.5, 0.6) is 0 Å².